The summed E-state index contributed by atoms with van der Waals surface area (Å²) in [5.74, 6) is 2.73. The summed E-state index contributed by atoms with van der Waals surface area (Å²) in [6.45, 7) is 8.62. The topological polar surface area (TPSA) is 75.6 Å². The fourth-order valence-corrected chi connectivity index (χ4v) is 2.59. The lowest BCUT2D eigenvalue weighted by Crippen LogP contribution is -2.39. The molecule has 0 atom stereocenters. The molecule has 2 rings (SSSR count). The van der Waals surface area contributed by atoms with E-state index in [-0.39, 0.29) is 24.0 Å². The Labute approximate surface area is 173 Å². The molecule has 0 saturated heterocycles. The summed E-state index contributed by atoms with van der Waals surface area (Å²) in [4.78, 5) is 4.74. The zero-order chi connectivity index (χ0) is 17.9. The quantitative estimate of drug-likeness (QED) is 0.235. The maximum atomic E-state index is 5.42. The summed E-state index contributed by atoms with van der Waals surface area (Å²) in [5.41, 5.74) is 2.12. The number of aromatic nitrogens is 1. The molecule has 0 aliphatic rings. The molecular weight excluding hydrogens is 443 g/mol. The van der Waals surface area contributed by atoms with Crippen LogP contribution >= 0.6 is 24.0 Å². The highest BCUT2D eigenvalue weighted by atomic mass is 127. The fraction of sp³-hybridized carbons (Fsp3) is 0.579. The predicted molar refractivity (Wildman–Crippen MR) is 115 cm³/mol. The normalized spacial score (nSPS) is 11.3. The Morgan fingerprint density at radius 1 is 1.15 bits per heavy atom. The van der Waals surface area contributed by atoms with E-state index in [2.05, 4.69) is 36.6 Å². The number of halogens is 1. The molecule has 0 aliphatic heterocycles. The van der Waals surface area contributed by atoms with Gasteiger partial charge in [0, 0.05) is 31.5 Å². The van der Waals surface area contributed by atoms with Gasteiger partial charge in [0.05, 0.1) is 18.5 Å². The van der Waals surface area contributed by atoms with Gasteiger partial charge in [0.15, 0.2) is 5.96 Å². The van der Waals surface area contributed by atoms with Crippen LogP contribution in [0, 0.1) is 0 Å². The van der Waals surface area contributed by atoms with Gasteiger partial charge in [0.1, 0.15) is 11.5 Å². The van der Waals surface area contributed by atoms with E-state index in [0.29, 0.717) is 6.54 Å². The molecule has 2 heterocycles. The third-order valence-corrected chi connectivity index (χ3v) is 4.07. The van der Waals surface area contributed by atoms with Crippen molar-refractivity contribution >= 4 is 29.9 Å². The van der Waals surface area contributed by atoms with Gasteiger partial charge in [-0.25, -0.2) is 4.99 Å². The van der Waals surface area contributed by atoms with Gasteiger partial charge in [-0.3, -0.25) is 0 Å². The number of aryl methyl sites for hydroxylation is 2. The van der Waals surface area contributed by atoms with Gasteiger partial charge in [0.25, 0.3) is 0 Å². The Hall–Kier alpha value is -1.51. The van der Waals surface area contributed by atoms with Crippen LogP contribution in [0.3, 0.4) is 0 Å². The van der Waals surface area contributed by atoms with Gasteiger partial charge < -0.3 is 19.6 Å². The van der Waals surface area contributed by atoms with Gasteiger partial charge in [-0.2, -0.15) is 0 Å². The van der Waals surface area contributed by atoms with Crippen molar-refractivity contribution in [3.8, 4) is 0 Å². The van der Waals surface area contributed by atoms with Crippen LogP contribution in [0.25, 0.3) is 0 Å². The molecule has 0 fully saturated rings. The number of aliphatic imine (C=N–C) groups is 1. The van der Waals surface area contributed by atoms with Crippen molar-refractivity contribution in [2.45, 2.75) is 59.4 Å². The molecule has 0 spiro atoms. The Bertz CT molecular complexity index is 617. The number of furan rings is 1. The van der Waals surface area contributed by atoms with Crippen molar-refractivity contribution in [1.82, 2.24) is 15.8 Å². The van der Waals surface area contributed by atoms with E-state index in [9.17, 15) is 0 Å². The van der Waals surface area contributed by atoms with Crippen molar-refractivity contribution in [1.29, 1.82) is 0 Å². The van der Waals surface area contributed by atoms with Crippen molar-refractivity contribution in [2.24, 2.45) is 4.99 Å². The zero-order valence-electron chi connectivity index (χ0n) is 16.0. The minimum Gasteiger partial charge on any atom is -0.469 e. The first kappa shape index (κ1) is 22.5. The van der Waals surface area contributed by atoms with Gasteiger partial charge in [-0.15, -0.1) is 24.0 Å². The predicted octanol–water partition coefficient (Wildman–Crippen LogP) is 4.09. The van der Waals surface area contributed by atoms with Crippen LogP contribution in [0.5, 0.6) is 0 Å². The highest BCUT2D eigenvalue weighted by Crippen LogP contribution is 2.16. The number of hydrogen-bond acceptors (Lipinski definition) is 4. The van der Waals surface area contributed by atoms with Crippen LogP contribution in [-0.4, -0.2) is 24.2 Å². The number of nitrogens with zero attached hydrogens (tertiary/aromatic N) is 2. The van der Waals surface area contributed by atoms with E-state index in [1.54, 1.807) is 6.26 Å². The first-order chi connectivity index (χ1) is 12.3. The van der Waals surface area contributed by atoms with Gasteiger partial charge >= 0.3 is 0 Å². The third kappa shape index (κ3) is 7.01. The first-order valence-electron chi connectivity index (χ1n) is 9.29. The molecule has 2 aromatic rings. The molecule has 7 heteroatoms. The summed E-state index contributed by atoms with van der Waals surface area (Å²) >= 11 is 0. The number of nitrogens with one attached hydrogen (secondary N) is 2. The Balaban J connectivity index is 0.00000338. The van der Waals surface area contributed by atoms with Crippen molar-refractivity contribution < 1.29 is 8.94 Å². The van der Waals surface area contributed by atoms with Gasteiger partial charge in [-0.05, 0) is 25.0 Å². The minimum absolute atomic E-state index is 0. The van der Waals surface area contributed by atoms with Crippen LogP contribution in [0.2, 0.25) is 0 Å². The van der Waals surface area contributed by atoms with Crippen LogP contribution in [0.4, 0.5) is 0 Å². The zero-order valence-corrected chi connectivity index (χ0v) is 18.3. The van der Waals surface area contributed by atoms with Crippen LogP contribution < -0.4 is 10.6 Å². The molecular formula is C19H31IN4O2. The van der Waals surface area contributed by atoms with Crippen LogP contribution in [0.15, 0.2) is 32.3 Å². The summed E-state index contributed by atoms with van der Waals surface area (Å²) in [5, 5.41) is 10.9. The van der Waals surface area contributed by atoms with Gasteiger partial charge in [-0.1, -0.05) is 32.3 Å². The lowest BCUT2D eigenvalue weighted by molar-refractivity contribution is 0.380. The number of rotatable bonds is 10. The molecule has 0 bridgehead atoms. The Morgan fingerprint density at radius 2 is 1.96 bits per heavy atom. The second-order valence-corrected chi connectivity index (χ2v) is 5.94. The molecule has 2 N–H and O–H groups in total. The van der Waals surface area contributed by atoms with E-state index in [0.717, 1.165) is 73.9 Å². The monoisotopic (exact) mass is 474 g/mol. The average molecular weight is 474 g/mol. The smallest absolute Gasteiger partial charge is 0.191 e. The second-order valence-electron chi connectivity index (χ2n) is 5.94. The maximum Gasteiger partial charge on any atom is 0.191 e. The summed E-state index contributed by atoms with van der Waals surface area (Å²) < 4.78 is 10.8. The molecule has 0 saturated carbocycles. The molecule has 6 nitrogen and oxygen atoms in total. The second kappa shape index (κ2) is 12.8. The molecule has 2 aromatic heterocycles. The highest BCUT2D eigenvalue weighted by Gasteiger charge is 2.13. The summed E-state index contributed by atoms with van der Waals surface area (Å²) in [6.07, 6.45) is 6.50. The maximum absolute atomic E-state index is 5.42. The number of hydrogen-bond donors (Lipinski definition) is 2. The highest BCUT2D eigenvalue weighted by molar-refractivity contribution is 14.0. The lowest BCUT2D eigenvalue weighted by Gasteiger charge is -2.12. The molecule has 0 unspecified atom stereocenters. The SMILES string of the molecule is CCCCNC(=NCc1c(CC)noc1CC)NCCc1ccco1.I. The molecule has 26 heavy (non-hydrogen) atoms. The number of unbranched alkanes of at least 4 members (excludes halogenated alkanes) is 1. The van der Waals surface area contributed by atoms with Crippen LogP contribution in [-0.2, 0) is 25.8 Å². The van der Waals surface area contributed by atoms with E-state index in [1.165, 1.54) is 0 Å². The minimum atomic E-state index is 0. The van der Waals surface area contributed by atoms with E-state index < -0.39 is 0 Å². The van der Waals surface area contributed by atoms with E-state index >= 15 is 0 Å². The fourth-order valence-electron chi connectivity index (χ4n) is 2.59. The molecule has 146 valence electrons. The molecule has 0 aromatic carbocycles. The summed E-state index contributed by atoms with van der Waals surface area (Å²) in [6, 6.07) is 3.90. The number of guanidine groups is 1. The molecule has 0 radical (unpaired) electrons. The first-order valence-corrected chi connectivity index (χ1v) is 9.29. The van der Waals surface area contributed by atoms with Crippen LogP contribution in [0.1, 0.15) is 56.4 Å². The average Bonchev–Trinajstić information content (AvgIpc) is 3.28. The Morgan fingerprint density at radius 3 is 2.62 bits per heavy atom. The van der Waals surface area contributed by atoms with Crippen molar-refractivity contribution in [2.75, 3.05) is 13.1 Å². The van der Waals surface area contributed by atoms with Crippen molar-refractivity contribution in [3.63, 3.8) is 0 Å². The van der Waals surface area contributed by atoms with E-state index in [1.807, 2.05) is 12.1 Å². The Kier molecular flexibility index (Phi) is 11.1. The molecule has 0 amide bonds. The lowest BCUT2D eigenvalue weighted by atomic mass is 10.1. The van der Waals surface area contributed by atoms with Gasteiger partial charge in [0.2, 0.25) is 0 Å². The third-order valence-electron chi connectivity index (χ3n) is 4.07. The standard InChI is InChI=1S/C19H30N4O2.HI/c1-4-7-11-20-19(21-12-10-15-9-8-13-24-15)22-14-16-17(5-2)23-25-18(16)6-3;/h8-9,13H,4-7,10-12,14H2,1-3H3,(H2,20,21,22);1H. The summed E-state index contributed by atoms with van der Waals surface area (Å²) in [7, 11) is 0. The van der Waals surface area contributed by atoms with E-state index in [4.69, 9.17) is 13.9 Å². The largest absolute Gasteiger partial charge is 0.469 e. The van der Waals surface area contributed by atoms with Crippen molar-refractivity contribution in [3.05, 3.63) is 41.2 Å². The molecule has 0 aliphatic carbocycles.